The Labute approximate surface area is 168 Å². The van der Waals surface area contributed by atoms with E-state index in [4.69, 9.17) is 4.74 Å². The summed E-state index contributed by atoms with van der Waals surface area (Å²) in [5.41, 5.74) is 3.92. The standard InChI is InChI=1S/C21H23N5O3/c1-13-16(21(28)26-7-9-29-10-8-26)5-4-6-18(13)23-20(27)15-11-17-14(2)24-25(3)19(17)22-12-15/h4-6,11-12H,7-10H2,1-3H3,(H,23,27). The van der Waals surface area contributed by atoms with E-state index in [1.165, 1.54) is 6.20 Å². The van der Waals surface area contributed by atoms with E-state index in [0.29, 0.717) is 43.1 Å². The van der Waals surface area contributed by atoms with E-state index in [2.05, 4.69) is 15.4 Å². The Bertz CT molecular complexity index is 1100. The number of aromatic nitrogens is 3. The number of carbonyl (C=O) groups excluding carboxylic acids is 2. The number of nitrogens with zero attached hydrogens (tertiary/aromatic N) is 4. The second kappa shape index (κ2) is 7.63. The van der Waals surface area contributed by atoms with E-state index in [1.54, 1.807) is 33.8 Å². The smallest absolute Gasteiger partial charge is 0.257 e. The first kappa shape index (κ1) is 19.1. The Balaban J connectivity index is 1.58. The van der Waals surface area contributed by atoms with E-state index in [1.807, 2.05) is 20.9 Å². The number of morpholine rings is 1. The van der Waals surface area contributed by atoms with Crippen LogP contribution < -0.4 is 5.32 Å². The van der Waals surface area contributed by atoms with Crippen LogP contribution in [0.5, 0.6) is 0 Å². The van der Waals surface area contributed by atoms with Crippen molar-refractivity contribution >= 4 is 28.5 Å². The Kier molecular flexibility index (Phi) is 5.02. The third kappa shape index (κ3) is 3.58. The maximum absolute atomic E-state index is 12.9. The number of rotatable bonds is 3. The number of aryl methyl sites for hydroxylation is 2. The van der Waals surface area contributed by atoms with Crippen LogP contribution in [0.4, 0.5) is 5.69 Å². The van der Waals surface area contributed by atoms with Crippen LogP contribution in [-0.4, -0.2) is 57.8 Å². The van der Waals surface area contributed by atoms with Gasteiger partial charge in [0.25, 0.3) is 11.8 Å². The van der Waals surface area contributed by atoms with Crippen LogP contribution in [-0.2, 0) is 11.8 Å². The molecule has 3 heterocycles. The number of benzene rings is 1. The second-order valence-corrected chi connectivity index (χ2v) is 7.14. The number of anilines is 1. The van der Waals surface area contributed by atoms with Crippen molar-refractivity contribution in [1.82, 2.24) is 19.7 Å². The lowest BCUT2D eigenvalue weighted by atomic mass is 10.0. The Morgan fingerprint density at radius 3 is 2.69 bits per heavy atom. The molecule has 1 aliphatic heterocycles. The molecule has 2 aromatic heterocycles. The summed E-state index contributed by atoms with van der Waals surface area (Å²) in [6.07, 6.45) is 1.54. The fourth-order valence-electron chi connectivity index (χ4n) is 3.57. The second-order valence-electron chi connectivity index (χ2n) is 7.14. The Morgan fingerprint density at radius 2 is 1.93 bits per heavy atom. The highest BCUT2D eigenvalue weighted by Gasteiger charge is 2.21. The van der Waals surface area contributed by atoms with Gasteiger partial charge >= 0.3 is 0 Å². The van der Waals surface area contributed by atoms with Gasteiger partial charge in [-0.3, -0.25) is 14.3 Å². The van der Waals surface area contributed by atoms with Crippen molar-refractivity contribution in [3.63, 3.8) is 0 Å². The molecular weight excluding hydrogens is 370 g/mol. The van der Waals surface area contributed by atoms with Gasteiger partial charge in [-0.05, 0) is 37.6 Å². The third-order valence-corrected chi connectivity index (χ3v) is 5.24. The predicted molar refractivity (Wildman–Crippen MR) is 109 cm³/mol. The summed E-state index contributed by atoms with van der Waals surface area (Å²) < 4.78 is 7.01. The highest BCUT2D eigenvalue weighted by molar-refractivity contribution is 6.07. The Morgan fingerprint density at radius 1 is 1.17 bits per heavy atom. The number of ether oxygens (including phenoxy) is 1. The highest BCUT2D eigenvalue weighted by Crippen LogP contribution is 2.23. The molecule has 1 saturated heterocycles. The number of fused-ring (bicyclic) bond motifs is 1. The molecule has 0 saturated carbocycles. The van der Waals surface area contributed by atoms with Crippen molar-refractivity contribution in [2.45, 2.75) is 13.8 Å². The first-order chi connectivity index (χ1) is 14.0. The zero-order valence-corrected chi connectivity index (χ0v) is 16.7. The lowest BCUT2D eigenvalue weighted by Crippen LogP contribution is -2.41. The van der Waals surface area contributed by atoms with Crippen molar-refractivity contribution < 1.29 is 14.3 Å². The third-order valence-electron chi connectivity index (χ3n) is 5.24. The van der Waals surface area contributed by atoms with Crippen molar-refractivity contribution in [3.8, 4) is 0 Å². The number of hydrogen-bond acceptors (Lipinski definition) is 5. The van der Waals surface area contributed by atoms with Gasteiger partial charge in [0, 0.05) is 43.0 Å². The molecule has 2 amide bonds. The zero-order chi connectivity index (χ0) is 20.5. The SMILES string of the molecule is Cc1c(NC(=O)c2cnc3c(c2)c(C)nn3C)cccc1C(=O)N1CCOCC1. The topological polar surface area (TPSA) is 89.3 Å². The minimum Gasteiger partial charge on any atom is -0.378 e. The minimum absolute atomic E-state index is 0.0454. The van der Waals surface area contributed by atoms with Gasteiger partial charge in [-0.1, -0.05) is 6.07 Å². The van der Waals surface area contributed by atoms with Crippen LogP contribution in [0.2, 0.25) is 0 Å². The number of pyridine rings is 1. The van der Waals surface area contributed by atoms with Gasteiger partial charge < -0.3 is 15.0 Å². The molecule has 8 nitrogen and oxygen atoms in total. The van der Waals surface area contributed by atoms with Crippen molar-refractivity contribution in [1.29, 1.82) is 0 Å². The zero-order valence-electron chi connectivity index (χ0n) is 16.7. The molecule has 0 spiro atoms. The van der Waals surface area contributed by atoms with Gasteiger partial charge in [0.15, 0.2) is 5.65 Å². The summed E-state index contributed by atoms with van der Waals surface area (Å²) in [6.45, 7) is 5.97. The van der Waals surface area contributed by atoms with Gasteiger partial charge in [0.05, 0.1) is 24.5 Å². The van der Waals surface area contributed by atoms with E-state index in [0.717, 1.165) is 22.3 Å². The molecule has 4 rings (SSSR count). The summed E-state index contributed by atoms with van der Waals surface area (Å²) in [6, 6.07) is 7.15. The maximum Gasteiger partial charge on any atom is 0.257 e. The summed E-state index contributed by atoms with van der Waals surface area (Å²) in [5, 5.41) is 8.09. The van der Waals surface area contributed by atoms with Crippen molar-refractivity contribution in [3.05, 3.63) is 52.8 Å². The molecule has 8 heteroatoms. The summed E-state index contributed by atoms with van der Waals surface area (Å²) >= 11 is 0. The van der Waals surface area contributed by atoms with Crippen molar-refractivity contribution in [2.75, 3.05) is 31.6 Å². The minimum atomic E-state index is -0.276. The van der Waals surface area contributed by atoms with Crippen LogP contribution in [0, 0.1) is 13.8 Å². The van der Waals surface area contributed by atoms with Gasteiger partial charge in [-0.15, -0.1) is 0 Å². The molecule has 3 aromatic rings. The molecule has 150 valence electrons. The molecule has 0 bridgehead atoms. The maximum atomic E-state index is 12.9. The summed E-state index contributed by atoms with van der Waals surface area (Å²) in [5.74, 6) is -0.322. The molecule has 1 aromatic carbocycles. The van der Waals surface area contributed by atoms with Gasteiger partial charge in [0.2, 0.25) is 0 Å². The molecule has 0 aliphatic carbocycles. The molecule has 0 radical (unpaired) electrons. The fourth-order valence-corrected chi connectivity index (χ4v) is 3.57. The molecule has 1 N–H and O–H groups in total. The Hall–Kier alpha value is -3.26. The summed E-state index contributed by atoms with van der Waals surface area (Å²) in [4.78, 5) is 31.8. The van der Waals surface area contributed by atoms with E-state index in [9.17, 15) is 9.59 Å². The number of nitrogens with one attached hydrogen (secondary N) is 1. The number of amides is 2. The van der Waals surface area contributed by atoms with Crippen LogP contribution in [0.1, 0.15) is 32.0 Å². The summed E-state index contributed by atoms with van der Waals surface area (Å²) in [7, 11) is 1.82. The quantitative estimate of drug-likeness (QED) is 0.738. The number of carbonyl (C=O) groups is 2. The van der Waals surface area contributed by atoms with E-state index < -0.39 is 0 Å². The van der Waals surface area contributed by atoms with Gasteiger partial charge in [-0.25, -0.2) is 4.98 Å². The molecule has 0 unspecified atom stereocenters. The van der Waals surface area contributed by atoms with Crippen LogP contribution in [0.15, 0.2) is 30.5 Å². The average molecular weight is 393 g/mol. The monoisotopic (exact) mass is 393 g/mol. The fraction of sp³-hybridized carbons (Fsp3) is 0.333. The van der Waals surface area contributed by atoms with Crippen molar-refractivity contribution in [2.24, 2.45) is 7.05 Å². The highest BCUT2D eigenvalue weighted by atomic mass is 16.5. The predicted octanol–water partition coefficient (Wildman–Crippen LogP) is 2.31. The first-order valence-electron chi connectivity index (χ1n) is 9.53. The number of hydrogen-bond donors (Lipinski definition) is 1. The average Bonchev–Trinajstić information content (AvgIpc) is 3.03. The lowest BCUT2D eigenvalue weighted by Gasteiger charge is -2.27. The molecule has 1 aliphatic rings. The van der Waals surface area contributed by atoms with Crippen LogP contribution in [0.3, 0.4) is 0 Å². The van der Waals surface area contributed by atoms with Crippen LogP contribution >= 0.6 is 0 Å². The largest absolute Gasteiger partial charge is 0.378 e. The lowest BCUT2D eigenvalue weighted by molar-refractivity contribution is 0.0302. The van der Waals surface area contributed by atoms with E-state index >= 15 is 0 Å². The molecular formula is C21H23N5O3. The first-order valence-corrected chi connectivity index (χ1v) is 9.53. The molecule has 0 atom stereocenters. The van der Waals surface area contributed by atoms with Gasteiger partial charge in [0.1, 0.15) is 0 Å². The molecule has 29 heavy (non-hydrogen) atoms. The van der Waals surface area contributed by atoms with E-state index in [-0.39, 0.29) is 11.8 Å². The normalized spacial score (nSPS) is 14.2. The van der Waals surface area contributed by atoms with Gasteiger partial charge in [-0.2, -0.15) is 5.10 Å². The van der Waals surface area contributed by atoms with Crippen LogP contribution in [0.25, 0.3) is 11.0 Å². The molecule has 1 fully saturated rings.